The maximum absolute atomic E-state index is 11.8. The molecule has 3 rings (SSSR count). The summed E-state index contributed by atoms with van der Waals surface area (Å²) < 4.78 is 0. The van der Waals surface area contributed by atoms with Crippen LogP contribution in [0.1, 0.15) is 30.9 Å². The Morgan fingerprint density at radius 3 is 2.90 bits per heavy atom. The van der Waals surface area contributed by atoms with E-state index in [2.05, 4.69) is 40.7 Å². The van der Waals surface area contributed by atoms with Gasteiger partial charge in [-0.25, -0.2) is 0 Å². The Bertz CT molecular complexity index is 510. The van der Waals surface area contributed by atoms with Gasteiger partial charge in [0.15, 0.2) is 0 Å². The normalized spacial score (nSPS) is 22.8. The second-order valence-corrected chi connectivity index (χ2v) is 5.94. The lowest BCUT2D eigenvalue weighted by molar-refractivity contribution is -0.122. The largest absolute Gasteiger partial charge is 0.358 e. The van der Waals surface area contributed by atoms with E-state index in [4.69, 9.17) is 0 Å². The van der Waals surface area contributed by atoms with Gasteiger partial charge in [-0.2, -0.15) is 0 Å². The van der Waals surface area contributed by atoms with Gasteiger partial charge < -0.3 is 15.5 Å². The molecule has 1 aromatic rings. The minimum absolute atomic E-state index is 0.0853. The summed E-state index contributed by atoms with van der Waals surface area (Å²) in [7, 11) is 0. The maximum Gasteiger partial charge on any atom is 0.242 e. The summed E-state index contributed by atoms with van der Waals surface area (Å²) in [5.41, 5.74) is 3.76. The van der Waals surface area contributed by atoms with Gasteiger partial charge in [-0.1, -0.05) is 12.1 Å². The molecule has 1 saturated carbocycles. The Morgan fingerprint density at radius 1 is 1.40 bits per heavy atom. The highest BCUT2D eigenvalue weighted by molar-refractivity contribution is 5.86. The number of nitrogens with one attached hydrogen (secondary N) is 2. The van der Waals surface area contributed by atoms with Crippen LogP contribution >= 0.6 is 0 Å². The summed E-state index contributed by atoms with van der Waals surface area (Å²) >= 11 is 0. The van der Waals surface area contributed by atoms with Crippen LogP contribution in [0, 0.1) is 6.92 Å². The van der Waals surface area contributed by atoms with Crippen LogP contribution in [0.25, 0.3) is 0 Å². The summed E-state index contributed by atoms with van der Waals surface area (Å²) in [5.74, 6) is 0.120. The van der Waals surface area contributed by atoms with Crippen LogP contribution in [0.2, 0.25) is 0 Å². The number of hydrogen-bond donors (Lipinski definition) is 2. The van der Waals surface area contributed by atoms with Crippen molar-refractivity contribution in [1.29, 1.82) is 0 Å². The van der Waals surface area contributed by atoms with Crippen LogP contribution in [0.3, 0.4) is 0 Å². The molecule has 1 unspecified atom stereocenters. The molecule has 4 nitrogen and oxygen atoms in total. The first-order chi connectivity index (χ1) is 9.65. The molecule has 1 aromatic carbocycles. The predicted molar refractivity (Wildman–Crippen MR) is 80.9 cm³/mol. The van der Waals surface area contributed by atoms with Gasteiger partial charge in [0.1, 0.15) is 6.04 Å². The molecule has 20 heavy (non-hydrogen) atoms. The average Bonchev–Trinajstić information content (AvgIpc) is 3.24. The van der Waals surface area contributed by atoms with Gasteiger partial charge in [0, 0.05) is 31.4 Å². The Labute approximate surface area is 120 Å². The molecule has 0 aromatic heterocycles. The van der Waals surface area contributed by atoms with Crippen molar-refractivity contribution < 1.29 is 4.79 Å². The third-order valence-electron chi connectivity index (χ3n) is 4.24. The minimum Gasteiger partial charge on any atom is -0.358 e. The maximum atomic E-state index is 11.8. The van der Waals surface area contributed by atoms with Crippen LogP contribution in [0.5, 0.6) is 0 Å². The fraction of sp³-hybridized carbons (Fsp3) is 0.562. The van der Waals surface area contributed by atoms with Crippen molar-refractivity contribution in [2.75, 3.05) is 18.0 Å². The van der Waals surface area contributed by atoms with E-state index in [9.17, 15) is 4.79 Å². The number of nitrogens with zero attached hydrogens (tertiary/aromatic N) is 1. The number of piperazine rings is 1. The van der Waals surface area contributed by atoms with E-state index in [1.165, 1.54) is 29.7 Å². The zero-order valence-electron chi connectivity index (χ0n) is 12.3. The molecule has 0 spiro atoms. The lowest BCUT2D eigenvalue weighted by Crippen LogP contribution is -2.54. The molecule has 1 heterocycles. The van der Waals surface area contributed by atoms with Crippen LogP contribution in [0.4, 0.5) is 5.69 Å². The monoisotopic (exact) mass is 273 g/mol. The summed E-state index contributed by atoms with van der Waals surface area (Å²) in [4.78, 5) is 14.0. The fourth-order valence-electron chi connectivity index (χ4n) is 2.81. The van der Waals surface area contributed by atoms with Gasteiger partial charge in [0.2, 0.25) is 5.91 Å². The molecule has 0 radical (unpaired) electrons. The van der Waals surface area contributed by atoms with Crippen molar-refractivity contribution in [3.8, 4) is 0 Å². The molecule has 1 saturated heterocycles. The minimum atomic E-state index is -0.0853. The zero-order chi connectivity index (χ0) is 14.1. The third-order valence-corrected chi connectivity index (χ3v) is 4.24. The van der Waals surface area contributed by atoms with Gasteiger partial charge in [-0.3, -0.25) is 4.79 Å². The summed E-state index contributed by atoms with van der Waals surface area (Å²) in [5, 5.41) is 6.45. The molecule has 1 amide bonds. The van der Waals surface area contributed by atoms with E-state index < -0.39 is 0 Å². The Kier molecular flexibility index (Phi) is 3.66. The van der Waals surface area contributed by atoms with Crippen LogP contribution in [-0.2, 0) is 11.3 Å². The van der Waals surface area contributed by atoms with Crippen molar-refractivity contribution in [2.24, 2.45) is 0 Å². The number of hydrogen-bond acceptors (Lipinski definition) is 3. The average molecular weight is 273 g/mol. The van der Waals surface area contributed by atoms with Crippen LogP contribution < -0.4 is 15.5 Å². The SMILES string of the molecule is Cc1cc(CNC2CC2)ccc1N1CCNC(=O)C1C. The standard InChI is InChI=1S/C16H23N3O/c1-11-9-13(10-18-14-4-5-14)3-6-15(11)19-8-7-17-16(20)12(19)2/h3,6,9,12,14,18H,4-5,7-8,10H2,1-2H3,(H,17,20). The van der Waals surface area contributed by atoms with Crippen molar-refractivity contribution in [3.05, 3.63) is 29.3 Å². The fourth-order valence-corrected chi connectivity index (χ4v) is 2.81. The van der Waals surface area contributed by atoms with Crippen molar-refractivity contribution >= 4 is 11.6 Å². The molecule has 1 aliphatic carbocycles. The summed E-state index contributed by atoms with van der Waals surface area (Å²) in [6.07, 6.45) is 2.63. The highest BCUT2D eigenvalue weighted by Gasteiger charge is 2.26. The number of amides is 1. The quantitative estimate of drug-likeness (QED) is 0.875. The Hall–Kier alpha value is -1.55. The molecule has 2 aliphatic rings. The topological polar surface area (TPSA) is 44.4 Å². The van der Waals surface area contributed by atoms with E-state index in [-0.39, 0.29) is 11.9 Å². The van der Waals surface area contributed by atoms with Crippen LogP contribution in [0.15, 0.2) is 18.2 Å². The zero-order valence-corrected chi connectivity index (χ0v) is 12.3. The van der Waals surface area contributed by atoms with E-state index in [0.29, 0.717) is 0 Å². The number of benzene rings is 1. The van der Waals surface area contributed by atoms with Gasteiger partial charge in [-0.05, 0) is 43.9 Å². The van der Waals surface area contributed by atoms with Gasteiger partial charge in [0.25, 0.3) is 0 Å². The second-order valence-electron chi connectivity index (χ2n) is 5.94. The Morgan fingerprint density at radius 2 is 2.20 bits per heavy atom. The molecule has 1 aliphatic heterocycles. The number of anilines is 1. The second kappa shape index (κ2) is 5.44. The lowest BCUT2D eigenvalue weighted by Gasteiger charge is -2.35. The van der Waals surface area contributed by atoms with E-state index in [1.54, 1.807) is 0 Å². The predicted octanol–water partition coefficient (Wildman–Crippen LogP) is 1.57. The first-order valence-electron chi connectivity index (χ1n) is 7.52. The van der Waals surface area contributed by atoms with Gasteiger partial charge in [0.05, 0.1) is 0 Å². The lowest BCUT2D eigenvalue weighted by atomic mass is 10.1. The van der Waals surface area contributed by atoms with Crippen molar-refractivity contribution in [2.45, 2.75) is 45.3 Å². The Balaban J connectivity index is 1.73. The highest BCUT2D eigenvalue weighted by Crippen LogP contribution is 2.25. The summed E-state index contributed by atoms with van der Waals surface area (Å²) in [6, 6.07) is 7.23. The van der Waals surface area contributed by atoms with E-state index >= 15 is 0 Å². The molecule has 4 heteroatoms. The number of carbonyl (C=O) groups excluding carboxylic acids is 1. The number of aryl methyl sites for hydroxylation is 1. The molecule has 108 valence electrons. The van der Waals surface area contributed by atoms with Gasteiger partial charge >= 0.3 is 0 Å². The molecule has 1 atom stereocenters. The summed E-state index contributed by atoms with van der Waals surface area (Å²) in [6.45, 7) is 6.66. The first kappa shape index (κ1) is 13.4. The van der Waals surface area contributed by atoms with Crippen LogP contribution in [-0.4, -0.2) is 31.1 Å². The third kappa shape index (κ3) is 2.80. The molecule has 0 bridgehead atoms. The smallest absolute Gasteiger partial charge is 0.242 e. The van der Waals surface area contributed by atoms with Gasteiger partial charge in [-0.15, -0.1) is 0 Å². The number of rotatable bonds is 4. The molecular weight excluding hydrogens is 250 g/mol. The molecule has 2 fully saturated rings. The van der Waals surface area contributed by atoms with E-state index in [1.807, 2.05) is 6.92 Å². The first-order valence-corrected chi connectivity index (χ1v) is 7.52. The van der Waals surface area contributed by atoms with Crippen molar-refractivity contribution in [1.82, 2.24) is 10.6 Å². The highest BCUT2D eigenvalue weighted by atomic mass is 16.2. The molecular formula is C16H23N3O. The number of carbonyl (C=O) groups is 1. The molecule has 2 N–H and O–H groups in total. The van der Waals surface area contributed by atoms with Crippen molar-refractivity contribution in [3.63, 3.8) is 0 Å². The van der Waals surface area contributed by atoms with E-state index in [0.717, 1.165) is 25.7 Å².